The first-order valence-electron chi connectivity index (χ1n) is 11.0. The second-order valence-corrected chi connectivity index (χ2v) is 10.2. The molecule has 0 spiro atoms. The summed E-state index contributed by atoms with van der Waals surface area (Å²) in [4.78, 5) is 44.4. The van der Waals surface area contributed by atoms with E-state index in [0.29, 0.717) is 21.3 Å². The highest BCUT2D eigenvalue weighted by Crippen LogP contribution is 2.45. The van der Waals surface area contributed by atoms with Gasteiger partial charge in [-0.25, -0.2) is 14.6 Å². The quantitative estimate of drug-likeness (QED) is 0.372. The number of hydrogen-bond donors (Lipinski definition) is 2. The van der Waals surface area contributed by atoms with Gasteiger partial charge in [-0.3, -0.25) is 15.0 Å². The first kappa shape index (κ1) is 24.0. The second-order valence-electron chi connectivity index (χ2n) is 8.02. The molecule has 0 bridgehead atoms. The number of nitrogens with one attached hydrogen (secondary N) is 1. The van der Waals surface area contributed by atoms with Crippen molar-refractivity contribution in [2.75, 3.05) is 18.2 Å². The zero-order valence-corrected chi connectivity index (χ0v) is 20.8. The predicted octanol–water partition coefficient (Wildman–Crippen LogP) is 3.61. The molecule has 5 rings (SSSR count). The molecular formula is C25H22N4O5S2. The number of hydrogen-bond acceptors (Lipinski definition) is 9. The third-order valence-corrected chi connectivity index (χ3v) is 8.10. The fourth-order valence-electron chi connectivity index (χ4n) is 4.05. The fraction of sp³-hybridized carbons (Fsp3) is 0.200. The lowest BCUT2D eigenvalue weighted by Gasteiger charge is -2.48. The molecule has 0 aliphatic carbocycles. The number of rotatable bonds is 6. The van der Waals surface area contributed by atoms with Gasteiger partial charge < -0.3 is 15.2 Å². The van der Waals surface area contributed by atoms with Gasteiger partial charge in [0.15, 0.2) is 11.2 Å². The van der Waals surface area contributed by atoms with Gasteiger partial charge >= 0.3 is 12.1 Å². The van der Waals surface area contributed by atoms with Crippen LogP contribution in [0.2, 0.25) is 0 Å². The van der Waals surface area contributed by atoms with Gasteiger partial charge in [-0.2, -0.15) is 0 Å². The Morgan fingerprint density at radius 3 is 2.36 bits per heavy atom. The van der Waals surface area contributed by atoms with E-state index in [1.807, 2.05) is 60.7 Å². The molecule has 9 nitrogen and oxygen atoms in total. The number of benzene rings is 2. The summed E-state index contributed by atoms with van der Waals surface area (Å²) in [5.74, 6) is -0.553. The summed E-state index contributed by atoms with van der Waals surface area (Å²) in [7, 11) is 1.26. The van der Waals surface area contributed by atoms with Crippen molar-refractivity contribution >= 4 is 51.8 Å². The van der Waals surface area contributed by atoms with E-state index >= 15 is 0 Å². The van der Waals surface area contributed by atoms with Crippen LogP contribution in [-0.4, -0.2) is 52.1 Å². The first-order chi connectivity index (χ1) is 17.5. The van der Waals surface area contributed by atoms with Gasteiger partial charge in [0, 0.05) is 17.5 Å². The minimum absolute atomic E-state index is 0.149. The van der Waals surface area contributed by atoms with Gasteiger partial charge in [-0.05, 0) is 11.1 Å². The largest absolute Gasteiger partial charge is 0.453 e. The van der Waals surface area contributed by atoms with Crippen molar-refractivity contribution in [1.82, 2.24) is 9.88 Å². The lowest BCUT2D eigenvalue weighted by atomic mass is 10.0. The molecule has 1 fully saturated rings. The maximum absolute atomic E-state index is 13.8. The average Bonchev–Trinajstić information content (AvgIpc) is 3.39. The van der Waals surface area contributed by atoms with E-state index in [1.165, 1.54) is 35.1 Å². The van der Waals surface area contributed by atoms with Crippen LogP contribution in [0.1, 0.15) is 22.1 Å². The second kappa shape index (κ2) is 10.1. The summed E-state index contributed by atoms with van der Waals surface area (Å²) in [6, 6.07) is 18.2. The Morgan fingerprint density at radius 2 is 1.75 bits per heavy atom. The molecule has 36 heavy (non-hydrogen) atoms. The average molecular weight is 523 g/mol. The number of nitrogens with two attached hydrogens (primary N) is 1. The van der Waals surface area contributed by atoms with Crippen LogP contribution in [0.4, 0.5) is 9.93 Å². The number of amides is 2. The normalized spacial score (nSPS) is 19.0. The van der Waals surface area contributed by atoms with E-state index in [1.54, 1.807) is 6.20 Å². The number of aromatic nitrogens is 1. The van der Waals surface area contributed by atoms with E-state index in [2.05, 4.69) is 15.0 Å². The molecule has 1 saturated heterocycles. The standard InChI is InChI=1S/C25H22N4O5S2/c1-33-25(32)28-24-27-12-17(36-24)16-13-35-22-18(26)21(30)29(22)19(16)23(31)34-20(14-8-4-2-5-9-14)15-10-6-3-7-11-15/h2-12,18,20,22H,13,26H2,1H3,(H,27,28,32). The molecule has 1 aromatic heterocycles. The molecule has 3 N–H and O–H groups in total. The number of anilines is 1. The number of esters is 1. The molecule has 11 heteroatoms. The van der Waals surface area contributed by atoms with Crippen LogP contribution in [0.3, 0.4) is 0 Å². The number of carbonyl (C=O) groups is 3. The minimum Gasteiger partial charge on any atom is -0.453 e. The molecule has 2 aliphatic heterocycles. The Labute approximate surface area is 215 Å². The summed E-state index contributed by atoms with van der Waals surface area (Å²) < 4.78 is 10.7. The van der Waals surface area contributed by atoms with Crippen LogP contribution >= 0.6 is 23.1 Å². The van der Waals surface area contributed by atoms with E-state index in [-0.39, 0.29) is 17.0 Å². The van der Waals surface area contributed by atoms with E-state index in [9.17, 15) is 14.4 Å². The fourth-order valence-corrected chi connectivity index (χ4v) is 6.30. The number of fused-ring (bicyclic) bond motifs is 1. The summed E-state index contributed by atoms with van der Waals surface area (Å²) in [6.07, 6.45) is 0.222. The van der Waals surface area contributed by atoms with Gasteiger partial charge in [0.2, 0.25) is 5.91 Å². The number of thioether (sulfide) groups is 1. The lowest BCUT2D eigenvalue weighted by molar-refractivity contribution is -0.152. The number of β-lactam (4-membered cyclic amide) rings is 1. The van der Waals surface area contributed by atoms with E-state index in [4.69, 9.17) is 10.5 Å². The molecule has 2 unspecified atom stereocenters. The summed E-state index contributed by atoms with van der Waals surface area (Å²) in [5, 5.41) is 2.48. The van der Waals surface area contributed by atoms with E-state index in [0.717, 1.165) is 11.1 Å². The molecule has 2 aliphatic rings. The SMILES string of the molecule is COC(=O)Nc1ncc(C2=C(C(=O)OC(c3ccccc3)c3ccccc3)N3C(=O)C(N)C3SC2)s1. The van der Waals surface area contributed by atoms with Crippen molar-refractivity contribution in [3.05, 3.63) is 88.6 Å². The summed E-state index contributed by atoms with van der Waals surface area (Å²) in [6.45, 7) is 0. The monoisotopic (exact) mass is 522 g/mol. The first-order valence-corrected chi connectivity index (χ1v) is 12.9. The van der Waals surface area contributed by atoms with Crippen molar-refractivity contribution in [3.63, 3.8) is 0 Å². The number of ether oxygens (including phenoxy) is 2. The number of thiazole rings is 1. The zero-order chi connectivity index (χ0) is 25.2. The Bertz CT molecular complexity index is 1290. The molecule has 2 atom stereocenters. The van der Waals surface area contributed by atoms with Crippen molar-refractivity contribution in [2.45, 2.75) is 17.5 Å². The zero-order valence-electron chi connectivity index (χ0n) is 19.1. The molecule has 3 heterocycles. The maximum Gasteiger partial charge on any atom is 0.413 e. The minimum atomic E-state index is -0.684. The lowest BCUT2D eigenvalue weighted by Crippen LogP contribution is -2.68. The molecular weight excluding hydrogens is 500 g/mol. The smallest absolute Gasteiger partial charge is 0.413 e. The Balaban J connectivity index is 1.53. The van der Waals surface area contributed by atoms with Crippen LogP contribution in [0.25, 0.3) is 5.57 Å². The number of methoxy groups -OCH3 is 1. The third kappa shape index (κ3) is 4.48. The predicted molar refractivity (Wildman–Crippen MR) is 137 cm³/mol. The highest BCUT2D eigenvalue weighted by atomic mass is 32.2. The summed E-state index contributed by atoms with van der Waals surface area (Å²) >= 11 is 2.64. The van der Waals surface area contributed by atoms with Crippen LogP contribution in [0.15, 0.2) is 72.6 Å². The molecule has 0 saturated carbocycles. The van der Waals surface area contributed by atoms with Gasteiger partial charge in [-0.15, -0.1) is 11.8 Å². The van der Waals surface area contributed by atoms with Crippen molar-refractivity contribution in [1.29, 1.82) is 0 Å². The molecule has 0 radical (unpaired) electrons. The molecule has 3 aromatic rings. The third-order valence-electron chi connectivity index (χ3n) is 5.83. The topological polar surface area (TPSA) is 124 Å². The van der Waals surface area contributed by atoms with Crippen LogP contribution < -0.4 is 11.1 Å². The maximum atomic E-state index is 13.8. The van der Waals surface area contributed by atoms with Gasteiger partial charge in [0.25, 0.3) is 0 Å². The Morgan fingerprint density at radius 1 is 1.11 bits per heavy atom. The van der Waals surface area contributed by atoms with E-state index < -0.39 is 24.2 Å². The van der Waals surface area contributed by atoms with Crippen molar-refractivity contribution in [2.24, 2.45) is 5.73 Å². The Kier molecular flexibility index (Phi) is 6.77. The van der Waals surface area contributed by atoms with Crippen molar-refractivity contribution in [3.8, 4) is 0 Å². The molecule has 2 amide bonds. The molecule has 184 valence electrons. The highest BCUT2D eigenvalue weighted by molar-refractivity contribution is 8.00. The number of nitrogens with zero attached hydrogens (tertiary/aromatic N) is 2. The number of carbonyl (C=O) groups excluding carboxylic acids is 3. The van der Waals surface area contributed by atoms with Crippen LogP contribution in [-0.2, 0) is 19.1 Å². The highest BCUT2D eigenvalue weighted by Gasteiger charge is 2.52. The Hall–Kier alpha value is -3.67. The van der Waals surface area contributed by atoms with Crippen molar-refractivity contribution < 1.29 is 23.9 Å². The van der Waals surface area contributed by atoms with Crippen LogP contribution in [0.5, 0.6) is 0 Å². The molecule has 2 aromatic carbocycles. The van der Waals surface area contributed by atoms with Gasteiger partial charge in [0.05, 0.1) is 12.0 Å². The summed E-state index contributed by atoms with van der Waals surface area (Å²) in [5.41, 5.74) is 8.37. The van der Waals surface area contributed by atoms with Crippen LogP contribution in [0, 0.1) is 0 Å². The van der Waals surface area contributed by atoms with Gasteiger partial charge in [-0.1, -0.05) is 72.0 Å². The van der Waals surface area contributed by atoms with Gasteiger partial charge in [0.1, 0.15) is 17.1 Å².